The van der Waals surface area contributed by atoms with Gasteiger partial charge in [0.1, 0.15) is 17.1 Å². The highest BCUT2D eigenvalue weighted by Gasteiger charge is 2.21. The van der Waals surface area contributed by atoms with Crippen molar-refractivity contribution in [1.82, 2.24) is 24.6 Å². The predicted molar refractivity (Wildman–Crippen MR) is 127 cm³/mol. The molecule has 2 aromatic heterocycles. The summed E-state index contributed by atoms with van der Waals surface area (Å²) in [5.74, 6) is 0.752. The largest absolute Gasteiger partial charge is 0.493 e. The molecule has 0 atom stereocenters. The third kappa shape index (κ3) is 4.96. The van der Waals surface area contributed by atoms with E-state index in [2.05, 4.69) is 9.88 Å². The van der Waals surface area contributed by atoms with Crippen molar-refractivity contribution in [3.63, 3.8) is 0 Å². The minimum absolute atomic E-state index is 0.139. The minimum Gasteiger partial charge on any atom is -0.493 e. The molecular weight excluding hydrogens is 442 g/mol. The Hall–Kier alpha value is -2.72. The molecule has 0 unspecified atom stereocenters. The summed E-state index contributed by atoms with van der Waals surface area (Å²) in [5, 5.41) is 4.69. The molecule has 3 heterocycles. The van der Waals surface area contributed by atoms with Gasteiger partial charge in [0.25, 0.3) is 5.56 Å². The van der Waals surface area contributed by atoms with Gasteiger partial charge in [-0.2, -0.15) is 5.10 Å². The van der Waals surface area contributed by atoms with Gasteiger partial charge in [0.15, 0.2) is 15.4 Å². The van der Waals surface area contributed by atoms with Crippen LogP contribution in [0.1, 0.15) is 45.2 Å². The second-order valence-corrected chi connectivity index (χ2v) is 10.5. The molecular formula is C23H31N5O4S. The summed E-state index contributed by atoms with van der Waals surface area (Å²) in [6.45, 7) is 6.96. The van der Waals surface area contributed by atoms with Crippen molar-refractivity contribution in [3.8, 4) is 17.1 Å². The van der Waals surface area contributed by atoms with Crippen LogP contribution in [0.3, 0.4) is 0 Å². The molecule has 1 fully saturated rings. The first kappa shape index (κ1) is 23.4. The van der Waals surface area contributed by atoms with Crippen LogP contribution in [0.15, 0.2) is 27.9 Å². The SMILES string of the molecule is CCCOc1ccc(S(C)(=O)=O)cc1-c1nc2c(CC)nn(CN3CCCCC3)c2c(=O)[nH]1. The molecule has 1 aliphatic heterocycles. The summed E-state index contributed by atoms with van der Waals surface area (Å²) in [6, 6.07) is 4.63. The van der Waals surface area contributed by atoms with Crippen molar-refractivity contribution in [2.24, 2.45) is 0 Å². The van der Waals surface area contributed by atoms with E-state index in [0.717, 1.165) is 44.3 Å². The molecule has 9 nitrogen and oxygen atoms in total. The molecule has 3 aromatic rings. The fourth-order valence-electron chi connectivity index (χ4n) is 4.17. The Balaban J connectivity index is 1.84. The van der Waals surface area contributed by atoms with Crippen molar-refractivity contribution < 1.29 is 13.2 Å². The van der Waals surface area contributed by atoms with Gasteiger partial charge in [-0.1, -0.05) is 20.3 Å². The molecule has 1 N–H and O–H groups in total. The number of likely N-dealkylation sites (tertiary alicyclic amines) is 1. The van der Waals surface area contributed by atoms with Gasteiger partial charge in [0, 0.05) is 6.26 Å². The molecule has 1 saturated heterocycles. The quantitative estimate of drug-likeness (QED) is 0.535. The number of H-pyrrole nitrogens is 1. The van der Waals surface area contributed by atoms with Crippen LogP contribution in [0, 0.1) is 0 Å². The zero-order chi connectivity index (χ0) is 23.6. The van der Waals surface area contributed by atoms with Crippen LogP contribution < -0.4 is 10.3 Å². The molecule has 1 aliphatic rings. The maximum Gasteiger partial charge on any atom is 0.277 e. The van der Waals surface area contributed by atoms with Crippen molar-refractivity contribution in [2.45, 2.75) is 57.5 Å². The number of hydrogen-bond acceptors (Lipinski definition) is 7. The molecule has 0 amide bonds. The van der Waals surface area contributed by atoms with Crippen molar-refractivity contribution in [1.29, 1.82) is 0 Å². The molecule has 0 aliphatic carbocycles. The van der Waals surface area contributed by atoms with E-state index < -0.39 is 9.84 Å². The number of hydrogen-bond donors (Lipinski definition) is 1. The number of fused-ring (bicyclic) bond motifs is 1. The van der Waals surface area contributed by atoms with Crippen LogP contribution in [-0.4, -0.2) is 59.0 Å². The fourth-order valence-corrected chi connectivity index (χ4v) is 4.82. The monoisotopic (exact) mass is 473 g/mol. The van der Waals surface area contributed by atoms with E-state index >= 15 is 0 Å². The summed E-state index contributed by atoms with van der Waals surface area (Å²) in [4.78, 5) is 23.3. The van der Waals surface area contributed by atoms with Crippen molar-refractivity contribution in [3.05, 3.63) is 34.2 Å². The highest BCUT2D eigenvalue weighted by atomic mass is 32.2. The Kier molecular flexibility index (Phi) is 6.85. The summed E-state index contributed by atoms with van der Waals surface area (Å²) in [7, 11) is -3.45. The van der Waals surface area contributed by atoms with E-state index in [4.69, 9.17) is 14.8 Å². The lowest BCUT2D eigenvalue weighted by Gasteiger charge is -2.26. The van der Waals surface area contributed by atoms with E-state index in [1.807, 2.05) is 13.8 Å². The van der Waals surface area contributed by atoms with Crippen molar-refractivity contribution in [2.75, 3.05) is 26.0 Å². The third-order valence-electron chi connectivity index (χ3n) is 5.88. The second kappa shape index (κ2) is 9.64. The lowest BCUT2D eigenvalue weighted by molar-refractivity contribution is 0.176. The first-order chi connectivity index (χ1) is 15.8. The number of rotatable bonds is 8. The Morgan fingerprint density at radius 3 is 2.58 bits per heavy atom. The lowest BCUT2D eigenvalue weighted by Crippen LogP contribution is -2.32. The first-order valence-corrected chi connectivity index (χ1v) is 13.4. The molecule has 0 bridgehead atoms. The maximum atomic E-state index is 13.2. The van der Waals surface area contributed by atoms with Crippen LogP contribution in [0.25, 0.3) is 22.4 Å². The summed E-state index contributed by atoms with van der Waals surface area (Å²) < 4.78 is 31.9. The predicted octanol–water partition coefficient (Wildman–Crippen LogP) is 2.98. The standard InChI is InChI=1S/C23H31N5O4S/c1-4-13-32-19-10-9-16(33(3,30)31)14-17(19)22-24-20-18(5-2)26-28(21(20)23(29)25-22)15-27-11-7-6-8-12-27/h9-10,14H,4-8,11-13,15H2,1-3H3,(H,24,25,29). The van der Waals surface area contributed by atoms with Gasteiger partial charge in [-0.05, 0) is 57.0 Å². The molecule has 0 radical (unpaired) electrons. The third-order valence-corrected chi connectivity index (χ3v) is 6.99. The number of benzene rings is 1. The highest BCUT2D eigenvalue weighted by molar-refractivity contribution is 7.90. The zero-order valence-electron chi connectivity index (χ0n) is 19.4. The Labute approximate surface area is 193 Å². The van der Waals surface area contributed by atoms with Gasteiger partial charge in [-0.3, -0.25) is 9.69 Å². The van der Waals surface area contributed by atoms with Gasteiger partial charge in [-0.15, -0.1) is 0 Å². The lowest BCUT2D eigenvalue weighted by atomic mass is 10.1. The number of aromatic nitrogens is 4. The van der Waals surface area contributed by atoms with E-state index in [-0.39, 0.29) is 16.3 Å². The van der Waals surface area contributed by atoms with Gasteiger partial charge in [-0.25, -0.2) is 18.1 Å². The van der Waals surface area contributed by atoms with Crippen LogP contribution in [0.4, 0.5) is 0 Å². The molecule has 1 aromatic carbocycles. The van der Waals surface area contributed by atoms with Crippen LogP contribution in [-0.2, 0) is 22.9 Å². The number of aryl methyl sites for hydroxylation is 1. The smallest absolute Gasteiger partial charge is 0.277 e. The number of sulfone groups is 1. The highest BCUT2D eigenvalue weighted by Crippen LogP contribution is 2.31. The Morgan fingerprint density at radius 2 is 1.91 bits per heavy atom. The topological polar surface area (TPSA) is 110 Å². The van der Waals surface area contributed by atoms with E-state index in [1.165, 1.54) is 18.6 Å². The van der Waals surface area contributed by atoms with E-state index in [9.17, 15) is 13.2 Å². The average molecular weight is 474 g/mol. The summed E-state index contributed by atoms with van der Waals surface area (Å²) in [6.07, 6.45) is 6.10. The van der Waals surface area contributed by atoms with Crippen molar-refractivity contribution >= 4 is 20.9 Å². The molecule has 0 saturated carbocycles. The molecule has 178 valence electrons. The summed E-state index contributed by atoms with van der Waals surface area (Å²) in [5.41, 5.74) is 1.86. The fraction of sp³-hybridized carbons (Fsp3) is 0.522. The Morgan fingerprint density at radius 1 is 1.15 bits per heavy atom. The normalized spacial score (nSPS) is 15.2. The first-order valence-electron chi connectivity index (χ1n) is 11.5. The van der Waals surface area contributed by atoms with E-state index in [1.54, 1.807) is 10.7 Å². The molecule has 33 heavy (non-hydrogen) atoms. The van der Waals surface area contributed by atoms with Gasteiger partial charge >= 0.3 is 0 Å². The van der Waals surface area contributed by atoms with Gasteiger partial charge in [0.2, 0.25) is 0 Å². The Bertz CT molecular complexity index is 1310. The second-order valence-electron chi connectivity index (χ2n) is 8.51. The summed E-state index contributed by atoms with van der Waals surface area (Å²) >= 11 is 0. The van der Waals surface area contributed by atoms with Gasteiger partial charge in [0.05, 0.1) is 29.4 Å². The number of nitrogens with zero attached hydrogens (tertiary/aromatic N) is 4. The molecule has 10 heteroatoms. The molecule has 4 rings (SSSR count). The van der Waals surface area contributed by atoms with E-state index in [0.29, 0.717) is 42.0 Å². The number of nitrogens with one attached hydrogen (secondary N) is 1. The van der Waals surface area contributed by atoms with Crippen LogP contribution in [0.5, 0.6) is 5.75 Å². The van der Waals surface area contributed by atoms with Gasteiger partial charge < -0.3 is 9.72 Å². The number of aromatic amines is 1. The zero-order valence-corrected chi connectivity index (χ0v) is 20.2. The maximum absolute atomic E-state index is 13.2. The number of ether oxygens (including phenoxy) is 1. The minimum atomic E-state index is -3.45. The number of piperidine rings is 1. The molecule has 0 spiro atoms. The average Bonchev–Trinajstić information content (AvgIpc) is 3.15. The van der Waals surface area contributed by atoms with Crippen LogP contribution in [0.2, 0.25) is 0 Å². The van der Waals surface area contributed by atoms with Crippen LogP contribution >= 0.6 is 0 Å².